The van der Waals surface area contributed by atoms with Gasteiger partial charge in [0.1, 0.15) is 24.1 Å². The molecule has 0 fully saturated rings. The molecule has 0 saturated carbocycles. The quantitative estimate of drug-likeness (QED) is 0.298. The van der Waals surface area contributed by atoms with Crippen LogP contribution in [0.1, 0.15) is 0 Å². The molecule has 4 aromatic carbocycles. The van der Waals surface area contributed by atoms with E-state index in [-0.39, 0.29) is 0 Å². The van der Waals surface area contributed by atoms with Crippen LogP contribution in [0.25, 0.3) is 22.3 Å². The lowest BCUT2D eigenvalue weighted by Crippen LogP contribution is -2.44. The summed E-state index contributed by atoms with van der Waals surface area (Å²) < 4.78 is 41.0. The van der Waals surface area contributed by atoms with Crippen molar-refractivity contribution in [2.24, 2.45) is 5.73 Å². The lowest BCUT2D eigenvalue weighted by atomic mass is 10.0. The van der Waals surface area contributed by atoms with Crippen LogP contribution in [0.15, 0.2) is 97.1 Å². The van der Waals surface area contributed by atoms with Crippen molar-refractivity contribution in [3.05, 3.63) is 97.1 Å². The number of carbonyl (C=O) groups excluding carboxylic acids is 2. The van der Waals surface area contributed by atoms with E-state index < -0.39 is 39.1 Å². The second-order valence-electron chi connectivity index (χ2n) is 9.05. The minimum absolute atomic E-state index is 0.390. The SMILES string of the molecule is NC(=O)C(=O)N(CP1(=O)Oc2ccccc2-c2ccccc21)CP1(=O)Oc2ccccc2-c2ccccc21. The Balaban J connectivity index is 1.43. The molecular weight excluding hydrogens is 522 g/mol. The van der Waals surface area contributed by atoms with Gasteiger partial charge in [-0.15, -0.1) is 0 Å². The van der Waals surface area contributed by atoms with E-state index in [1.807, 2.05) is 48.5 Å². The van der Waals surface area contributed by atoms with Gasteiger partial charge < -0.3 is 19.7 Å². The van der Waals surface area contributed by atoms with Crippen LogP contribution >= 0.6 is 14.7 Å². The molecule has 4 aromatic rings. The summed E-state index contributed by atoms with van der Waals surface area (Å²) in [7, 11) is -7.63. The second-order valence-corrected chi connectivity index (χ2v) is 13.6. The number of primary amides is 1. The number of carbonyl (C=O) groups is 2. The molecule has 0 aromatic heterocycles. The minimum Gasteiger partial charge on any atom is -0.438 e. The van der Waals surface area contributed by atoms with Crippen molar-refractivity contribution < 1.29 is 27.8 Å². The third-order valence-corrected chi connectivity index (χ3v) is 11.3. The van der Waals surface area contributed by atoms with Gasteiger partial charge in [0.25, 0.3) is 14.7 Å². The molecule has 2 atom stereocenters. The molecule has 2 unspecified atom stereocenters. The molecule has 2 aliphatic heterocycles. The van der Waals surface area contributed by atoms with Crippen LogP contribution in [0.2, 0.25) is 0 Å². The Morgan fingerprint density at radius 2 is 0.974 bits per heavy atom. The average Bonchev–Trinajstić information content (AvgIpc) is 2.92. The van der Waals surface area contributed by atoms with Crippen LogP contribution in [0.3, 0.4) is 0 Å². The maximum atomic E-state index is 14.4. The summed E-state index contributed by atoms with van der Waals surface area (Å²) in [5.74, 6) is -1.61. The number of para-hydroxylation sites is 2. The number of nitrogens with zero attached hydrogens (tertiary/aromatic N) is 1. The summed E-state index contributed by atoms with van der Waals surface area (Å²) >= 11 is 0. The number of hydrogen-bond donors (Lipinski definition) is 1. The van der Waals surface area contributed by atoms with E-state index in [9.17, 15) is 18.7 Å². The van der Waals surface area contributed by atoms with Crippen molar-refractivity contribution in [3.63, 3.8) is 0 Å². The standard InChI is InChI=1S/C28H22N2O6P2/c29-27(31)28(32)30(17-37(33)25-15-7-3-11-21(25)19-9-1-5-13-23(19)35-37)18-38(34)26-16-8-4-12-22(26)20-10-2-6-14-24(20)36-38/h1-16H,17-18H2,(H2,29,31). The molecule has 2 heterocycles. The van der Waals surface area contributed by atoms with Gasteiger partial charge in [-0.1, -0.05) is 72.8 Å². The summed E-state index contributed by atoms with van der Waals surface area (Å²) in [6, 6.07) is 28.4. The lowest BCUT2D eigenvalue weighted by molar-refractivity contribution is -0.143. The van der Waals surface area contributed by atoms with Crippen molar-refractivity contribution in [3.8, 4) is 33.8 Å². The number of hydrogen-bond acceptors (Lipinski definition) is 6. The first kappa shape index (κ1) is 24.2. The monoisotopic (exact) mass is 544 g/mol. The molecule has 2 N–H and O–H groups in total. The number of nitrogens with two attached hydrogens (primary N) is 1. The smallest absolute Gasteiger partial charge is 0.312 e. The predicted octanol–water partition coefficient (Wildman–Crippen LogP) is 4.54. The maximum absolute atomic E-state index is 14.4. The number of rotatable bonds is 4. The molecular formula is C28H22N2O6P2. The van der Waals surface area contributed by atoms with E-state index in [0.29, 0.717) is 33.2 Å². The Kier molecular flexibility index (Phi) is 5.75. The highest BCUT2D eigenvalue weighted by Crippen LogP contribution is 2.58. The first-order valence-corrected chi connectivity index (χ1v) is 15.5. The Bertz CT molecular complexity index is 1610. The third kappa shape index (κ3) is 3.94. The van der Waals surface area contributed by atoms with Crippen molar-refractivity contribution in [1.82, 2.24) is 4.90 Å². The normalized spacial score (nSPS) is 20.4. The van der Waals surface area contributed by atoms with E-state index in [0.717, 1.165) is 16.0 Å². The largest absolute Gasteiger partial charge is 0.438 e. The topological polar surface area (TPSA) is 116 Å². The molecule has 0 bridgehead atoms. The van der Waals surface area contributed by atoms with E-state index >= 15 is 0 Å². The van der Waals surface area contributed by atoms with Crippen LogP contribution in [0.4, 0.5) is 0 Å². The fourth-order valence-corrected chi connectivity index (χ4v) is 9.77. The lowest BCUT2D eigenvalue weighted by Gasteiger charge is -2.35. The van der Waals surface area contributed by atoms with Crippen LogP contribution < -0.4 is 25.4 Å². The first-order valence-electron chi connectivity index (χ1n) is 11.8. The van der Waals surface area contributed by atoms with Crippen molar-refractivity contribution in [2.75, 3.05) is 12.6 Å². The number of benzene rings is 4. The van der Waals surface area contributed by atoms with E-state index in [4.69, 9.17) is 14.8 Å². The summed E-state index contributed by atoms with van der Waals surface area (Å²) in [5.41, 5.74) is 8.30. The van der Waals surface area contributed by atoms with Crippen LogP contribution in [-0.2, 0) is 18.7 Å². The van der Waals surface area contributed by atoms with Gasteiger partial charge in [0, 0.05) is 11.1 Å². The Labute approximate surface area is 218 Å². The zero-order valence-corrected chi connectivity index (χ0v) is 21.8. The predicted molar refractivity (Wildman–Crippen MR) is 145 cm³/mol. The molecule has 0 aliphatic carbocycles. The van der Waals surface area contributed by atoms with Gasteiger partial charge in [-0.25, -0.2) is 0 Å². The Morgan fingerprint density at radius 1 is 0.605 bits per heavy atom. The zero-order valence-electron chi connectivity index (χ0n) is 20.0. The van der Waals surface area contributed by atoms with Gasteiger partial charge in [0.05, 0.1) is 10.6 Å². The van der Waals surface area contributed by atoms with Gasteiger partial charge in [-0.05, 0) is 35.4 Å². The Hall–Kier alpha value is -4.12. The van der Waals surface area contributed by atoms with Gasteiger partial charge in [0.2, 0.25) is 0 Å². The molecule has 10 heteroatoms. The molecule has 190 valence electrons. The molecule has 0 saturated heterocycles. The maximum Gasteiger partial charge on any atom is 0.312 e. The van der Waals surface area contributed by atoms with E-state index in [1.54, 1.807) is 48.5 Å². The van der Waals surface area contributed by atoms with Gasteiger partial charge >= 0.3 is 11.8 Å². The van der Waals surface area contributed by atoms with Gasteiger partial charge in [-0.2, -0.15) is 0 Å². The molecule has 0 radical (unpaired) electrons. The molecule has 0 spiro atoms. The highest BCUT2D eigenvalue weighted by molar-refractivity contribution is 7.68. The van der Waals surface area contributed by atoms with Gasteiger partial charge in [-0.3, -0.25) is 18.7 Å². The molecule has 38 heavy (non-hydrogen) atoms. The molecule has 2 amide bonds. The summed E-state index contributed by atoms with van der Waals surface area (Å²) in [5, 5.41) is 0.795. The zero-order chi connectivity index (χ0) is 26.5. The molecule has 2 aliphatic rings. The van der Waals surface area contributed by atoms with E-state index in [2.05, 4.69) is 0 Å². The van der Waals surface area contributed by atoms with Crippen LogP contribution in [0, 0.1) is 0 Å². The minimum atomic E-state index is -3.81. The third-order valence-electron chi connectivity index (χ3n) is 6.60. The average molecular weight is 544 g/mol. The van der Waals surface area contributed by atoms with Crippen LogP contribution in [0.5, 0.6) is 11.5 Å². The molecule has 6 rings (SSSR count). The van der Waals surface area contributed by atoms with Gasteiger partial charge in [0.15, 0.2) is 0 Å². The fourth-order valence-electron chi connectivity index (χ4n) is 4.94. The van der Waals surface area contributed by atoms with Crippen molar-refractivity contribution in [1.29, 1.82) is 0 Å². The Morgan fingerprint density at radius 3 is 1.39 bits per heavy atom. The number of amides is 2. The highest BCUT2D eigenvalue weighted by Gasteiger charge is 2.44. The second kappa shape index (κ2) is 9.02. The first-order chi connectivity index (χ1) is 18.3. The van der Waals surface area contributed by atoms with Crippen molar-refractivity contribution >= 4 is 37.2 Å². The van der Waals surface area contributed by atoms with E-state index in [1.165, 1.54) is 0 Å². The summed E-state index contributed by atoms with van der Waals surface area (Å²) in [6.45, 7) is 0. The number of fused-ring (bicyclic) bond motifs is 6. The molecule has 8 nitrogen and oxygen atoms in total. The summed E-state index contributed by atoms with van der Waals surface area (Å²) in [6.07, 6.45) is -1.03. The van der Waals surface area contributed by atoms with Crippen molar-refractivity contribution in [2.45, 2.75) is 0 Å². The summed E-state index contributed by atoms with van der Waals surface area (Å²) in [4.78, 5) is 26.1. The highest BCUT2D eigenvalue weighted by atomic mass is 31.2. The fraction of sp³-hybridized carbons (Fsp3) is 0.0714. The van der Waals surface area contributed by atoms with Crippen LogP contribution in [-0.4, -0.2) is 29.3 Å².